The predicted octanol–water partition coefficient (Wildman–Crippen LogP) is 5.75. The number of benzene rings is 2. The van der Waals surface area contributed by atoms with E-state index in [1.807, 2.05) is 91.5 Å². The lowest BCUT2D eigenvalue weighted by molar-refractivity contribution is 0.188. The number of hydrogen-bond acceptors (Lipinski definition) is 2. The lowest BCUT2D eigenvalue weighted by Gasteiger charge is -2.29. The third kappa shape index (κ3) is 4.97. The number of carbonyl (C=O) groups is 1. The average molecular weight is 374 g/mol. The Morgan fingerprint density at radius 2 is 1.71 bits per heavy atom. The normalized spacial score (nSPS) is 11.7. The molecule has 28 heavy (non-hydrogen) atoms. The molecule has 0 spiro atoms. The highest BCUT2D eigenvalue weighted by atomic mass is 16.2. The van der Waals surface area contributed by atoms with Crippen LogP contribution in [0.4, 0.5) is 10.5 Å². The molecule has 3 rings (SSSR count). The van der Waals surface area contributed by atoms with Gasteiger partial charge in [-0.3, -0.25) is 4.98 Å². The average Bonchev–Trinajstić information content (AvgIpc) is 2.72. The minimum Gasteiger partial charge on any atom is -0.312 e. The number of pyridine rings is 1. The van der Waals surface area contributed by atoms with Gasteiger partial charge in [0.15, 0.2) is 0 Å². The first-order chi connectivity index (χ1) is 13.6. The molecule has 144 valence electrons. The van der Waals surface area contributed by atoms with Crippen LogP contribution in [0.2, 0.25) is 0 Å². The molecule has 2 amide bonds. The van der Waals surface area contributed by atoms with Crippen LogP contribution in [0.3, 0.4) is 0 Å². The van der Waals surface area contributed by atoms with Crippen LogP contribution in [0.1, 0.15) is 42.4 Å². The van der Waals surface area contributed by atoms with Crippen molar-refractivity contribution in [2.75, 3.05) is 5.32 Å². The van der Waals surface area contributed by atoms with E-state index in [0.717, 1.165) is 29.1 Å². The van der Waals surface area contributed by atoms with Gasteiger partial charge >= 0.3 is 6.03 Å². The van der Waals surface area contributed by atoms with Crippen molar-refractivity contribution in [3.63, 3.8) is 0 Å². The third-order valence-corrected chi connectivity index (χ3v) is 4.90. The maximum atomic E-state index is 13.2. The van der Waals surface area contributed by atoms with Crippen LogP contribution in [-0.4, -0.2) is 15.9 Å². The van der Waals surface area contributed by atoms with Crippen LogP contribution in [0.15, 0.2) is 72.8 Å². The number of hydrogen-bond donors (Lipinski definition) is 1. The Bertz CT molecular complexity index is 907. The van der Waals surface area contributed by atoms with Gasteiger partial charge in [-0.1, -0.05) is 55.5 Å². The Kier molecular flexibility index (Phi) is 6.43. The fourth-order valence-corrected chi connectivity index (χ4v) is 3.18. The van der Waals surface area contributed by atoms with E-state index in [0.29, 0.717) is 6.54 Å². The number of anilines is 1. The van der Waals surface area contributed by atoms with Crippen molar-refractivity contribution >= 4 is 11.7 Å². The predicted molar refractivity (Wildman–Crippen MR) is 114 cm³/mol. The third-order valence-electron chi connectivity index (χ3n) is 4.90. The zero-order chi connectivity index (χ0) is 19.9. The Morgan fingerprint density at radius 3 is 2.36 bits per heavy atom. The number of carbonyl (C=O) groups excluding carboxylic acids is 1. The Hall–Kier alpha value is -3.14. The van der Waals surface area contributed by atoms with Gasteiger partial charge in [-0.05, 0) is 55.7 Å². The van der Waals surface area contributed by atoms with Gasteiger partial charge in [0.2, 0.25) is 0 Å². The molecule has 1 heterocycles. The van der Waals surface area contributed by atoms with Crippen molar-refractivity contribution in [3.8, 4) is 0 Å². The number of aromatic nitrogens is 1. The molecular weight excluding hydrogens is 346 g/mol. The van der Waals surface area contributed by atoms with Gasteiger partial charge in [-0.25, -0.2) is 4.79 Å². The highest BCUT2D eigenvalue weighted by Gasteiger charge is 2.22. The zero-order valence-electron chi connectivity index (χ0n) is 16.7. The second-order valence-electron chi connectivity index (χ2n) is 6.97. The molecule has 0 aliphatic carbocycles. The first kappa shape index (κ1) is 19.6. The second-order valence-corrected chi connectivity index (χ2v) is 6.97. The van der Waals surface area contributed by atoms with E-state index in [1.165, 1.54) is 5.56 Å². The first-order valence-electron chi connectivity index (χ1n) is 9.71. The molecule has 0 aliphatic rings. The lowest BCUT2D eigenvalue weighted by atomic mass is 10.1. The summed E-state index contributed by atoms with van der Waals surface area (Å²) >= 11 is 0. The van der Waals surface area contributed by atoms with E-state index in [1.54, 1.807) is 0 Å². The first-order valence-corrected chi connectivity index (χ1v) is 9.71. The molecule has 1 atom stereocenters. The SMILES string of the molecule is CCc1ccc(NC(=O)N(Cc2cccc(C)n2)C(C)c2ccccc2)cc1. The van der Waals surface area contributed by atoms with Crippen LogP contribution >= 0.6 is 0 Å². The number of nitrogens with one attached hydrogen (secondary N) is 1. The molecule has 1 unspecified atom stereocenters. The second kappa shape index (κ2) is 9.18. The minimum absolute atomic E-state index is 0.0848. The summed E-state index contributed by atoms with van der Waals surface area (Å²) in [6.45, 7) is 6.57. The summed E-state index contributed by atoms with van der Waals surface area (Å²) in [5.41, 5.74) is 4.95. The molecule has 0 radical (unpaired) electrons. The Labute approximate surface area is 167 Å². The van der Waals surface area contributed by atoms with Crippen molar-refractivity contribution in [2.24, 2.45) is 0 Å². The molecule has 0 bridgehead atoms. The van der Waals surface area contributed by atoms with Gasteiger partial charge in [0.1, 0.15) is 0 Å². The Balaban J connectivity index is 1.84. The molecular formula is C24H27N3O. The van der Waals surface area contributed by atoms with Crippen molar-refractivity contribution in [1.82, 2.24) is 9.88 Å². The van der Waals surface area contributed by atoms with E-state index < -0.39 is 0 Å². The van der Waals surface area contributed by atoms with Crippen LogP contribution in [0, 0.1) is 6.92 Å². The molecule has 1 N–H and O–H groups in total. The molecule has 1 aromatic heterocycles. The van der Waals surface area contributed by atoms with Crippen molar-refractivity contribution < 1.29 is 4.79 Å². The number of amides is 2. The summed E-state index contributed by atoms with van der Waals surface area (Å²) in [5, 5.41) is 3.04. The summed E-state index contributed by atoms with van der Waals surface area (Å²) in [5.74, 6) is 0. The van der Waals surface area contributed by atoms with E-state index in [4.69, 9.17) is 0 Å². The fourth-order valence-electron chi connectivity index (χ4n) is 3.18. The number of urea groups is 1. The van der Waals surface area contributed by atoms with Crippen LogP contribution in [0.5, 0.6) is 0 Å². The topological polar surface area (TPSA) is 45.2 Å². The zero-order valence-corrected chi connectivity index (χ0v) is 16.7. The summed E-state index contributed by atoms with van der Waals surface area (Å²) < 4.78 is 0. The number of rotatable bonds is 6. The summed E-state index contributed by atoms with van der Waals surface area (Å²) in [7, 11) is 0. The van der Waals surface area contributed by atoms with Crippen molar-refractivity contribution in [2.45, 2.75) is 39.8 Å². The van der Waals surface area contributed by atoms with E-state index in [9.17, 15) is 4.79 Å². The lowest BCUT2D eigenvalue weighted by Crippen LogP contribution is -2.36. The molecule has 0 aliphatic heterocycles. The monoisotopic (exact) mass is 373 g/mol. The molecule has 3 aromatic rings. The Morgan fingerprint density at radius 1 is 1.00 bits per heavy atom. The van der Waals surface area contributed by atoms with Gasteiger partial charge in [0.05, 0.1) is 18.3 Å². The fraction of sp³-hybridized carbons (Fsp3) is 0.250. The molecule has 2 aromatic carbocycles. The van der Waals surface area contributed by atoms with Crippen LogP contribution in [-0.2, 0) is 13.0 Å². The molecule has 4 heteroatoms. The standard InChI is InChI=1S/C24H27N3O/c1-4-20-13-15-22(16-14-20)26-24(28)27(17-23-12-8-9-18(2)25-23)19(3)21-10-6-5-7-11-21/h5-16,19H,4,17H2,1-3H3,(H,26,28). The van der Waals surface area contributed by atoms with E-state index in [2.05, 4.69) is 17.2 Å². The number of aryl methyl sites for hydroxylation is 2. The highest BCUT2D eigenvalue weighted by molar-refractivity contribution is 5.89. The van der Waals surface area contributed by atoms with Crippen LogP contribution in [0.25, 0.3) is 0 Å². The van der Waals surface area contributed by atoms with E-state index in [-0.39, 0.29) is 12.1 Å². The molecule has 0 saturated heterocycles. The molecule has 0 fully saturated rings. The quantitative estimate of drug-likeness (QED) is 0.598. The summed E-state index contributed by atoms with van der Waals surface area (Å²) in [6.07, 6.45) is 0.977. The smallest absolute Gasteiger partial charge is 0.312 e. The van der Waals surface area contributed by atoms with Gasteiger partial charge in [0.25, 0.3) is 0 Å². The molecule has 0 saturated carbocycles. The van der Waals surface area contributed by atoms with Crippen molar-refractivity contribution in [1.29, 1.82) is 0 Å². The minimum atomic E-state index is -0.135. The highest BCUT2D eigenvalue weighted by Crippen LogP contribution is 2.23. The maximum absolute atomic E-state index is 13.2. The number of nitrogens with zero attached hydrogens (tertiary/aromatic N) is 2. The van der Waals surface area contributed by atoms with Gasteiger partial charge in [0, 0.05) is 11.4 Å². The van der Waals surface area contributed by atoms with Crippen molar-refractivity contribution in [3.05, 3.63) is 95.3 Å². The van der Waals surface area contributed by atoms with Gasteiger partial charge < -0.3 is 10.2 Å². The molecule has 4 nitrogen and oxygen atoms in total. The van der Waals surface area contributed by atoms with E-state index >= 15 is 0 Å². The largest absolute Gasteiger partial charge is 0.322 e. The van der Waals surface area contributed by atoms with Gasteiger partial charge in [-0.15, -0.1) is 0 Å². The summed E-state index contributed by atoms with van der Waals surface area (Å²) in [4.78, 5) is 19.6. The van der Waals surface area contributed by atoms with Crippen LogP contribution < -0.4 is 5.32 Å². The maximum Gasteiger partial charge on any atom is 0.322 e. The van der Waals surface area contributed by atoms with Gasteiger partial charge in [-0.2, -0.15) is 0 Å². The summed E-state index contributed by atoms with van der Waals surface area (Å²) in [6, 6.07) is 23.7.